The number of rotatable bonds is 8. The molecule has 206 valence electrons. The van der Waals surface area contributed by atoms with E-state index in [0.29, 0.717) is 29.9 Å². The molecule has 0 amide bonds. The van der Waals surface area contributed by atoms with Crippen molar-refractivity contribution in [2.24, 2.45) is 10.9 Å². The average molecular weight is 534 g/mol. The summed E-state index contributed by atoms with van der Waals surface area (Å²) in [6.07, 6.45) is 0.270. The minimum atomic E-state index is -0.924. The number of aliphatic imine (C=N–C) groups is 1. The zero-order chi connectivity index (χ0) is 28.3. The number of nitro benzene ring substituents is 1. The van der Waals surface area contributed by atoms with E-state index in [1.807, 2.05) is 25.1 Å². The van der Waals surface area contributed by atoms with Crippen LogP contribution in [0.5, 0.6) is 0 Å². The van der Waals surface area contributed by atoms with Gasteiger partial charge in [-0.05, 0) is 45.7 Å². The third-order valence-electron chi connectivity index (χ3n) is 7.20. The van der Waals surface area contributed by atoms with Crippen molar-refractivity contribution in [3.8, 4) is 0 Å². The second-order valence-electron chi connectivity index (χ2n) is 10.8. The molecule has 0 aromatic heterocycles. The lowest BCUT2D eigenvalue weighted by Crippen LogP contribution is -2.40. The Balaban J connectivity index is 1.66. The molecule has 3 atom stereocenters. The number of likely N-dealkylation sites (tertiary alicyclic amines) is 1. The van der Waals surface area contributed by atoms with Crippen molar-refractivity contribution in [2.45, 2.75) is 65.2 Å². The molecule has 9 nitrogen and oxygen atoms in total. The molecular formula is C30H35N3O6. The number of nitrogens with zero attached hydrogens (tertiary/aromatic N) is 3. The summed E-state index contributed by atoms with van der Waals surface area (Å²) in [6.45, 7) is 10.9. The molecule has 0 spiro atoms. The lowest BCUT2D eigenvalue weighted by Gasteiger charge is -2.34. The van der Waals surface area contributed by atoms with Gasteiger partial charge < -0.3 is 9.47 Å². The molecule has 2 aromatic carbocycles. The van der Waals surface area contributed by atoms with Crippen molar-refractivity contribution >= 4 is 23.3 Å². The largest absolute Gasteiger partial charge is 0.462 e. The minimum Gasteiger partial charge on any atom is -0.462 e. The van der Waals surface area contributed by atoms with Crippen LogP contribution in [-0.4, -0.2) is 52.3 Å². The van der Waals surface area contributed by atoms with Crippen LogP contribution in [0.15, 0.2) is 70.9 Å². The zero-order valence-electron chi connectivity index (χ0n) is 23.0. The molecule has 9 heteroatoms. The number of esters is 2. The summed E-state index contributed by atoms with van der Waals surface area (Å²) in [5.41, 5.74) is 1.88. The van der Waals surface area contributed by atoms with Crippen molar-refractivity contribution in [2.75, 3.05) is 13.1 Å². The predicted molar refractivity (Wildman–Crippen MR) is 147 cm³/mol. The summed E-state index contributed by atoms with van der Waals surface area (Å²) in [5, 5.41) is 11.6. The lowest BCUT2D eigenvalue weighted by atomic mass is 9.75. The Morgan fingerprint density at radius 1 is 1.15 bits per heavy atom. The zero-order valence-corrected chi connectivity index (χ0v) is 23.0. The second kappa shape index (κ2) is 11.5. The standard InChI is InChI=1S/C30H35N3O6/c1-19(2)38-28(34)25-20(3)31-21(4)26(27(25)23-12-9-13-24(16-23)33(36)37)29(35)39-30(5)14-15-32(18-30)17-22-10-7-6-8-11-22/h6-13,16,19,25,27H,14-15,17-18H2,1-5H3. The Kier molecular flexibility index (Phi) is 8.30. The molecule has 0 bridgehead atoms. The number of non-ortho nitro benzene ring substituents is 1. The molecule has 0 aliphatic carbocycles. The second-order valence-corrected chi connectivity index (χ2v) is 10.8. The van der Waals surface area contributed by atoms with E-state index in [1.165, 1.54) is 17.7 Å². The number of benzene rings is 2. The monoisotopic (exact) mass is 533 g/mol. The quantitative estimate of drug-likeness (QED) is 0.260. The number of carbonyl (C=O) groups is 2. The van der Waals surface area contributed by atoms with Gasteiger partial charge in [0, 0.05) is 55.5 Å². The number of ether oxygens (including phenoxy) is 2. The highest BCUT2D eigenvalue weighted by atomic mass is 16.6. The molecule has 2 aromatic rings. The first kappa shape index (κ1) is 28.2. The van der Waals surface area contributed by atoms with Gasteiger partial charge in [-0.1, -0.05) is 42.5 Å². The fraction of sp³-hybridized carbons (Fsp3) is 0.433. The van der Waals surface area contributed by atoms with E-state index in [2.05, 4.69) is 22.0 Å². The fourth-order valence-corrected chi connectivity index (χ4v) is 5.47. The van der Waals surface area contributed by atoms with E-state index in [4.69, 9.17) is 9.47 Å². The number of hydrogen-bond acceptors (Lipinski definition) is 8. The topological polar surface area (TPSA) is 111 Å². The maximum Gasteiger partial charge on any atom is 0.337 e. The van der Waals surface area contributed by atoms with Gasteiger partial charge in [0.1, 0.15) is 11.5 Å². The number of hydrogen-bond donors (Lipinski definition) is 0. The van der Waals surface area contributed by atoms with E-state index < -0.39 is 34.3 Å². The Hall–Kier alpha value is -3.85. The van der Waals surface area contributed by atoms with Crippen LogP contribution in [0, 0.1) is 16.0 Å². The SMILES string of the molecule is CC1=NC(C)=C(C(=O)OC2(C)CCN(Cc3ccccc3)C2)C(c2cccc([N+](=O)[O-])c2)C1C(=O)OC(C)C. The van der Waals surface area contributed by atoms with Crippen molar-refractivity contribution in [3.05, 3.63) is 87.1 Å². The van der Waals surface area contributed by atoms with E-state index >= 15 is 0 Å². The van der Waals surface area contributed by atoms with Gasteiger partial charge in [-0.15, -0.1) is 0 Å². The first-order chi connectivity index (χ1) is 18.5. The third kappa shape index (κ3) is 6.42. The van der Waals surface area contributed by atoms with Gasteiger partial charge in [0.25, 0.3) is 5.69 Å². The normalized spacial score (nSPS) is 23.5. The molecule has 2 aliphatic heterocycles. The summed E-state index contributed by atoms with van der Waals surface area (Å²) in [4.78, 5) is 45.0. The van der Waals surface area contributed by atoms with Gasteiger partial charge in [-0.3, -0.25) is 24.8 Å². The highest BCUT2D eigenvalue weighted by Crippen LogP contribution is 2.42. The van der Waals surface area contributed by atoms with Crippen LogP contribution in [0.3, 0.4) is 0 Å². The summed E-state index contributed by atoms with van der Waals surface area (Å²) in [7, 11) is 0. The average Bonchev–Trinajstić information content (AvgIpc) is 3.23. The van der Waals surface area contributed by atoms with Crippen molar-refractivity contribution in [3.63, 3.8) is 0 Å². The Labute approximate surface area is 228 Å². The predicted octanol–water partition coefficient (Wildman–Crippen LogP) is 5.20. The third-order valence-corrected chi connectivity index (χ3v) is 7.20. The van der Waals surface area contributed by atoms with Gasteiger partial charge in [0.05, 0.1) is 16.6 Å². The van der Waals surface area contributed by atoms with Crippen LogP contribution in [-0.2, 0) is 25.6 Å². The van der Waals surface area contributed by atoms with E-state index in [0.717, 1.165) is 13.1 Å². The number of carbonyl (C=O) groups excluding carboxylic acids is 2. The van der Waals surface area contributed by atoms with E-state index in [9.17, 15) is 19.7 Å². The van der Waals surface area contributed by atoms with E-state index in [-0.39, 0.29) is 17.4 Å². The van der Waals surface area contributed by atoms with Crippen LogP contribution < -0.4 is 0 Å². The molecule has 1 fully saturated rings. The lowest BCUT2D eigenvalue weighted by molar-refractivity contribution is -0.384. The van der Waals surface area contributed by atoms with Crippen LogP contribution in [0.1, 0.15) is 58.1 Å². The highest BCUT2D eigenvalue weighted by Gasteiger charge is 2.45. The Morgan fingerprint density at radius 3 is 2.54 bits per heavy atom. The molecule has 0 saturated carbocycles. The highest BCUT2D eigenvalue weighted by molar-refractivity contribution is 6.07. The van der Waals surface area contributed by atoms with Gasteiger partial charge >= 0.3 is 11.9 Å². The van der Waals surface area contributed by atoms with Crippen LogP contribution in [0.2, 0.25) is 0 Å². The molecule has 0 N–H and O–H groups in total. The molecule has 3 unspecified atom stereocenters. The van der Waals surface area contributed by atoms with Crippen molar-refractivity contribution in [1.29, 1.82) is 0 Å². The maximum absolute atomic E-state index is 13.9. The van der Waals surface area contributed by atoms with Gasteiger partial charge in [-0.25, -0.2) is 4.79 Å². The minimum absolute atomic E-state index is 0.131. The maximum atomic E-state index is 13.9. The van der Waals surface area contributed by atoms with E-state index in [1.54, 1.807) is 39.8 Å². The van der Waals surface area contributed by atoms with Crippen LogP contribution in [0.25, 0.3) is 0 Å². The first-order valence-electron chi connectivity index (χ1n) is 13.2. The Bertz CT molecular complexity index is 1320. The Morgan fingerprint density at radius 2 is 1.87 bits per heavy atom. The molecule has 39 heavy (non-hydrogen) atoms. The van der Waals surface area contributed by atoms with Crippen LogP contribution in [0.4, 0.5) is 5.69 Å². The smallest absolute Gasteiger partial charge is 0.337 e. The van der Waals surface area contributed by atoms with Gasteiger partial charge in [-0.2, -0.15) is 0 Å². The molecular weight excluding hydrogens is 498 g/mol. The summed E-state index contributed by atoms with van der Waals surface area (Å²) < 4.78 is 11.7. The number of nitro groups is 1. The number of allylic oxidation sites excluding steroid dienone is 1. The van der Waals surface area contributed by atoms with Crippen molar-refractivity contribution in [1.82, 2.24) is 4.90 Å². The van der Waals surface area contributed by atoms with Gasteiger partial charge in [0.15, 0.2) is 0 Å². The molecule has 2 heterocycles. The first-order valence-corrected chi connectivity index (χ1v) is 13.2. The fourth-order valence-electron chi connectivity index (χ4n) is 5.47. The molecule has 0 radical (unpaired) electrons. The van der Waals surface area contributed by atoms with Crippen LogP contribution >= 0.6 is 0 Å². The molecule has 1 saturated heterocycles. The summed E-state index contributed by atoms with van der Waals surface area (Å²) >= 11 is 0. The molecule has 4 rings (SSSR count). The molecule has 2 aliphatic rings. The van der Waals surface area contributed by atoms with Crippen molar-refractivity contribution < 1.29 is 24.0 Å². The van der Waals surface area contributed by atoms with Gasteiger partial charge in [0.2, 0.25) is 0 Å². The summed E-state index contributed by atoms with van der Waals surface area (Å²) in [6, 6.07) is 16.1. The summed E-state index contributed by atoms with van der Waals surface area (Å²) in [5.74, 6) is -2.88.